The van der Waals surface area contributed by atoms with Gasteiger partial charge in [-0.2, -0.15) is 4.98 Å². The van der Waals surface area contributed by atoms with Crippen molar-refractivity contribution in [2.45, 2.75) is 0 Å². The predicted molar refractivity (Wildman–Crippen MR) is 85.1 cm³/mol. The largest absolute Gasteiger partial charge is 0.397 e. The van der Waals surface area contributed by atoms with Crippen molar-refractivity contribution in [3.63, 3.8) is 0 Å². The highest BCUT2D eigenvalue weighted by Gasteiger charge is 2.16. The molecule has 2 N–H and O–H groups in total. The highest BCUT2D eigenvalue weighted by atomic mass is 79.9. The molecular formula is C13H7BrCl2N4O. The topological polar surface area (TPSA) is 77.8 Å². The number of hydrogen-bond donors (Lipinski definition) is 1. The van der Waals surface area contributed by atoms with Crippen molar-refractivity contribution in [1.82, 2.24) is 15.1 Å². The molecule has 0 unspecified atom stereocenters. The van der Waals surface area contributed by atoms with Crippen molar-refractivity contribution < 1.29 is 4.52 Å². The quantitative estimate of drug-likeness (QED) is 0.659. The van der Waals surface area contributed by atoms with E-state index in [-0.39, 0.29) is 5.89 Å². The summed E-state index contributed by atoms with van der Waals surface area (Å²) in [5.74, 6) is 0.588. The molecule has 3 aromatic rings. The number of hydrogen-bond acceptors (Lipinski definition) is 5. The molecule has 1 aromatic carbocycles. The third-order valence-electron chi connectivity index (χ3n) is 2.71. The Hall–Kier alpha value is -1.63. The van der Waals surface area contributed by atoms with E-state index in [1.165, 1.54) is 0 Å². The zero-order valence-corrected chi connectivity index (χ0v) is 13.4. The summed E-state index contributed by atoms with van der Waals surface area (Å²) in [6.45, 7) is 0. The summed E-state index contributed by atoms with van der Waals surface area (Å²) in [7, 11) is 0. The van der Waals surface area contributed by atoms with Crippen LogP contribution in [-0.4, -0.2) is 15.1 Å². The fourth-order valence-corrected chi connectivity index (χ4v) is 2.43. The van der Waals surface area contributed by atoms with Crippen LogP contribution in [0.4, 0.5) is 5.69 Å². The molecule has 0 amide bonds. The van der Waals surface area contributed by atoms with Crippen molar-refractivity contribution in [1.29, 1.82) is 0 Å². The van der Waals surface area contributed by atoms with E-state index in [9.17, 15) is 0 Å². The molecule has 2 heterocycles. The van der Waals surface area contributed by atoms with Crippen molar-refractivity contribution in [2.75, 3.05) is 5.73 Å². The van der Waals surface area contributed by atoms with Crippen LogP contribution in [0.2, 0.25) is 10.0 Å². The van der Waals surface area contributed by atoms with Crippen molar-refractivity contribution >= 4 is 44.8 Å². The van der Waals surface area contributed by atoms with Crippen LogP contribution in [0.25, 0.3) is 23.0 Å². The zero-order chi connectivity index (χ0) is 15.0. The molecule has 0 aliphatic rings. The molecular weight excluding hydrogens is 379 g/mol. The maximum Gasteiger partial charge on any atom is 0.260 e. The third-order valence-corrected chi connectivity index (χ3v) is 3.71. The number of nitrogens with zero attached hydrogens (tertiary/aromatic N) is 3. The van der Waals surface area contributed by atoms with E-state index < -0.39 is 0 Å². The molecule has 0 aliphatic heterocycles. The van der Waals surface area contributed by atoms with Gasteiger partial charge < -0.3 is 10.3 Å². The fourth-order valence-electron chi connectivity index (χ4n) is 1.71. The SMILES string of the molecule is Nc1c(Cl)cc(Cl)cc1-c1nc(-c2ccc(Br)cn2)no1. The molecule has 2 aromatic heterocycles. The Labute approximate surface area is 138 Å². The van der Waals surface area contributed by atoms with Crippen LogP contribution in [0.3, 0.4) is 0 Å². The minimum Gasteiger partial charge on any atom is -0.397 e. The number of rotatable bonds is 2. The van der Waals surface area contributed by atoms with E-state index in [0.29, 0.717) is 32.8 Å². The van der Waals surface area contributed by atoms with Crippen LogP contribution in [0.1, 0.15) is 0 Å². The number of nitrogen functional groups attached to an aromatic ring is 1. The first-order valence-electron chi connectivity index (χ1n) is 5.75. The summed E-state index contributed by atoms with van der Waals surface area (Å²) in [5.41, 5.74) is 7.32. The van der Waals surface area contributed by atoms with Gasteiger partial charge in [-0.25, -0.2) is 0 Å². The highest BCUT2D eigenvalue weighted by Crippen LogP contribution is 2.34. The van der Waals surface area contributed by atoms with Gasteiger partial charge in [0.25, 0.3) is 5.89 Å². The van der Waals surface area contributed by atoms with Gasteiger partial charge in [-0.05, 0) is 40.2 Å². The van der Waals surface area contributed by atoms with E-state index in [1.807, 2.05) is 6.07 Å². The Morgan fingerprint density at radius 1 is 1.19 bits per heavy atom. The second-order valence-corrected chi connectivity index (χ2v) is 5.89. The molecule has 0 aliphatic carbocycles. The van der Waals surface area contributed by atoms with Gasteiger partial charge in [0.05, 0.1) is 16.3 Å². The van der Waals surface area contributed by atoms with Crippen LogP contribution < -0.4 is 5.73 Å². The van der Waals surface area contributed by atoms with Crippen LogP contribution in [-0.2, 0) is 0 Å². The van der Waals surface area contributed by atoms with Crippen LogP contribution in [0.5, 0.6) is 0 Å². The Morgan fingerprint density at radius 3 is 2.71 bits per heavy atom. The Kier molecular flexibility index (Phi) is 3.84. The minimum absolute atomic E-state index is 0.233. The molecule has 3 rings (SSSR count). The van der Waals surface area contributed by atoms with Gasteiger partial charge in [0.15, 0.2) is 0 Å². The second kappa shape index (κ2) is 5.63. The first kappa shape index (κ1) is 14.3. The molecule has 5 nitrogen and oxygen atoms in total. The van der Waals surface area contributed by atoms with Crippen LogP contribution >= 0.6 is 39.1 Å². The molecule has 8 heteroatoms. The molecule has 0 saturated heterocycles. The fraction of sp³-hybridized carbons (Fsp3) is 0. The van der Waals surface area contributed by atoms with E-state index >= 15 is 0 Å². The molecule has 0 saturated carbocycles. The average Bonchev–Trinajstić information content (AvgIpc) is 2.93. The van der Waals surface area contributed by atoms with E-state index in [2.05, 4.69) is 31.1 Å². The number of halogens is 3. The zero-order valence-electron chi connectivity index (χ0n) is 10.3. The molecule has 0 bridgehead atoms. The lowest BCUT2D eigenvalue weighted by molar-refractivity contribution is 0.432. The highest BCUT2D eigenvalue weighted by molar-refractivity contribution is 9.10. The van der Waals surface area contributed by atoms with Crippen molar-refractivity contribution in [3.05, 3.63) is 45.0 Å². The van der Waals surface area contributed by atoms with Gasteiger partial charge in [-0.3, -0.25) is 4.98 Å². The maximum atomic E-state index is 5.99. The average molecular weight is 386 g/mol. The second-order valence-electron chi connectivity index (χ2n) is 4.13. The summed E-state index contributed by atoms with van der Waals surface area (Å²) < 4.78 is 6.08. The lowest BCUT2D eigenvalue weighted by Gasteiger charge is -2.03. The monoisotopic (exact) mass is 384 g/mol. The van der Waals surface area contributed by atoms with E-state index in [1.54, 1.807) is 24.4 Å². The smallest absolute Gasteiger partial charge is 0.260 e. The van der Waals surface area contributed by atoms with Gasteiger partial charge in [0.2, 0.25) is 5.82 Å². The lowest BCUT2D eigenvalue weighted by Crippen LogP contribution is -1.92. The predicted octanol–water partition coefficient (Wildman–Crippen LogP) is 4.45. The van der Waals surface area contributed by atoms with E-state index in [4.69, 9.17) is 33.5 Å². The summed E-state index contributed by atoms with van der Waals surface area (Å²) in [6, 6.07) is 6.78. The van der Waals surface area contributed by atoms with Crippen molar-refractivity contribution in [3.8, 4) is 23.0 Å². The van der Waals surface area contributed by atoms with Gasteiger partial charge in [0, 0.05) is 15.7 Å². The standard InChI is InChI=1S/C13H7BrCl2N4O/c14-6-1-2-10(18-5-6)12-19-13(21-20-12)8-3-7(15)4-9(16)11(8)17/h1-5H,17H2. The Morgan fingerprint density at radius 2 is 2.00 bits per heavy atom. The third kappa shape index (κ3) is 2.88. The summed E-state index contributed by atoms with van der Waals surface area (Å²) in [5, 5.41) is 4.66. The first-order valence-corrected chi connectivity index (χ1v) is 7.30. The molecule has 0 radical (unpaired) electrons. The van der Waals surface area contributed by atoms with Crippen molar-refractivity contribution in [2.24, 2.45) is 0 Å². The molecule has 106 valence electrons. The number of aromatic nitrogens is 3. The molecule has 21 heavy (non-hydrogen) atoms. The number of anilines is 1. The lowest BCUT2D eigenvalue weighted by atomic mass is 10.2. The molecule has 0 spiro atoms. The Bertz CT molecular complexity index is 804. The molecule has 0 fully saturated rings. The van der Waals surface area contributed by atoms with E-state index in [0.717, 1.165) is 4.47 Å². The van der Waals surface area contributed by atoms with Gasteiger partial charge >= 0.3 is 0 Å². The molecule has 0 atom stereocenters. The number of nitrogens with two attached hydrogens (primary N) is 1. The summed E-state index contributed by atoms with van der Waals surface area (Å²) in [6.07, 6.45) is 1.65. The minimum atomic E-state index is 0.233. The summed E-state index contributed by atoms with van der Waals surface area (Å²) >= 11 is 15.3. The van der Waals surface area contributed by atoms with Crippen LogP contribution in [0, 0.1) is 0 Å². The number of pyridine rings is 1. The van der Waals surface area contributed by atoms with Gasteiger partial charge in [0.1, 0.15) is 5.69 Å². The first-order chi connectivity index (χ1) is 10.0. The van der Waals surface area contributed by atoms with Crippen LogP contribution in [0.15, 0.2) is 39.5 Å². The number of benzene rings is 1. The normalized spacial score (nSPS) is 10.8. The van der Waals surface area contributed by atoms with Gasteiger partial charge in [-0.1, -0.05) is 28.4 Å². The maximum absolute atomic E-state index is 5.99. The Balaban J connectivity index is 2.04. The van der Waals surface area contributed by atoms with Gasteiger partial charge in [-0.15, -0.1) is 0 Å². The summed E-state index contributed by atoms with van der Waals surface area (Å²) in [4.78, 5) is 8.47.